The Labute approximate surface area is 104 Å². The van der Waals surface area contributed by atoms with Crippen molar-refractivity contribution in [2.75, 3.05) is 0 Å². The molecule has 0 bridgehead atoms. The molecule has 0 saturated heterocycles. The molecule has 1 atom stereocenters. The van der Waals surface area contributed by atoms with Crippen LogP contribution < -0.4 is 5.73 Å². The second kappa shape index (κ2) is 4.85. The van der Waals surface area contributed by atoms with E-state index in [0.717, 1.165) is 12.1 Å². The van der Waals surface area contributed by atoms with Crippen LogP contribution in [0.15, 0.2) is 30.6 Å². The molecule has 5 heteroatoms. The van der Waals surface area contributed by atoms with Gasteiger partial charge in [0.05, 0.1) is 12.2 Å². The molecule has 0 radical (unpaired) electrons. The first kappa shape index (κ1) is 12.1. The summed E-state index contributed by atoms with van der Waals surface area (Å²) in [7, 11) is 0. The fourth-order valence-electron chi connectivity index (χ4n) is 1.65. The van der Waals surface area contributed by atoms with Gasteiger partial charge in [-0.25, -0.2) is 4.39 Å². The van der Waals surface area contributed by atoms with Crippen LogP contribution in [0.5, 0.6) is 0 Å². The predicted molar refractivity (Wildman–Crippen MR) is 65.3 cm³/mol. The van der Waals surface area contributed by atoms with Crippen LogP contribution in [0.3, 0.4) is 0 Å². The Morgan fingerprint density at radius 3 is 2.88 bits per heavy atom. The monoisotopic (exact) mass is 253 g/mol. The molecule has 1 aromatic carbocycles. The normalized spacial score (nSPS) is 12.7. The van der Waals surface area contributed by atoms with Crippen molar-refractivity contribution in [1.29, 1.82) is 0 Å². The minimum Gasteiger partial charge on any atom is -0.320 e. The van der Waals surface area contributed by atoms with Gasteiger partial charge in [0.25, 0.3) is 0 Å². The lowest BCUT2D eigenvalue weighted by Gasteiger charge is -2.11. The Kier molecular flexibility index (Phi) is 3.45. The van der Waals surface area contributed by atoms with Crippen molar-refractivity contribution in [2.45, 2.75) is 19.5 Å². The van der Waals surface area contributed by atoms with Gasteiger partial charge >= 0.3 is 0 Å². The molecule has 0 aliphatic rings. The molecule has 0 aliphatic carbocycles. The highest BCUT2D eigenvalue weighted by Crippen LogP contribution is 2.26. The molecule has 0 amide bonds. The molecule has 3 nitrogen and oxygen atoms in total. The van der Waals surface area contributed by atoms with Crippen LogP contribution in [0.25, 0.3) is 0 Å². The second-order valence-corrected chi connectivity index (χ2v) is 4.18. The number of hydrogen-bond acceptors (Lipinski definition) is 2. The lowest BCUT2D eigenvalue weighted by Crippen LogP contribution is -2.11. The van der Waals surface area contributed by atoms with E-state index >= 15 is 0 Å². The van der Waals surface area contributed by atoms with Gasteiger partial charge in [-0.1, -0.05) is 17.7 Å². The van der Waals surface area contributed by atoms with E-state index in [-0.39, 0.29) is 11.9 Å². The number of halogens is 2. The summed E-state index contributed by atoms with van der Waals surface area (Å²) >= 11 is 5.97. The van der Waals surface area contributed by atoms with Crippen LogP contribution in [-0.4, -0.2) is 9.78 Å². The maximum Gasteiger partial charge on any atom is 0.124 e. The molecule has 0 fully saturated rings. The minimum absolute atomic E-state index is 0.335. The Bertz CT molecular complexity index is 524. The molecule has 90 valence electrons. The van der Waals surface area contributed by atoms with Gasteiger partial charge in [-0.2, -0.15) is 5.10 Å². The number of nitrogens with zero attached hydrogens (tertiary/aromatic N) is 2. The van der Waals surface area contributed by atoms with Gasteiger partial charge < -0.3 is 5.73 Å². The van der Waals surface area contributed by atoms with Gasteiger partial charge in [0, 0.05) is 23.3 Å². The lowest BCUT2D eigenvalue weighted by molar-refractivity contribution is 0.626. The minimum atomic E-state index is -0.386. The largest absolute Gasteiger partial charge is 0.320 e. The van der Waals surface area contributed by atoms with E-state index in [2.05, 4.69) is 5.10 Å². The van der Waals surface area contributed by atoms with Crippen LogP contribution in [0.1, 0.15) is 24.1 Å². The summed E-state index contributed by atoms with van der Waals surface area (Å²) in [6.07, 6.45) is 3.57. The topological polar surface area (TPSA) is 43.8 Å². The molecule has 0 aliphatic heterocycles. The van der Waals surface area contributed by atoms with E-state index in [1.54, 1.807) is 16.9 Å². The second-order valence-electron chi connectivity index (χ2n) is 3.77. The summed E-state index contributed by atoms with van der Waals surface area (Å²) in [4.78, 5) is 0. The zero-order valence-electron chi connectivity index (χ0n) is 9.40. The van der Waals surface area contributed by atoms with Crippen LogP contribution in [-0.2, 0) is 6.54 Å². The lowest BCUT2D eigenvalue weighted by atomic mass is 10.0. The Balaban J connectivity index is 2.33. The summed E-state index contributed by atoms with van der Waals surface area (Å²) in [6, 6.07) is 3.83. The van der Waals surface area contributed by atoms with Gasteiger partial charge in [0.15, 0.2) is 0 Å². The van der Waals surface area contributed by atoms with Crippen LogP contribution in [0.4, 0.5) is 4.39 Å². The van der Waals surface area contributed by atoms with Crippen LogP contribution in [0, 0.1) is 5.82 Å². The summed E-state index contributed by atoms with van der Waals surface area (Å²) in [5, 5.41) is 4.48. The number of rotatable bonds is 3. The van der Waals surface area contributed by atoms with Gasteiger partial charge in [-0.3, -0.25) is 4.68 Å². The zero-order valence-corrected chi connectivity index (χ0v) is 10.2. The van der Waals surface area contributed by atoms with Crippen molar-refractivity contribution in [3.05, 3.63) is 52.6 Å². The highest BCUT2D eigenvalue weighted by molar-refractivity contribution is 6.31. The number of nitrogens with two attached hydrogens (primary N) is 1. The van der Waals surface area contributed by atoms with E-state index in [0.29, 0.717) is 10.6 Å². The molecular weight excluding hydrogens is 241 g/mol. The molecule has 2 N–H and O–H groups in total. The maximum atomic E-state index is 12.9. The number of aromatic nitrogens is 2. The van der Waals surface area contributed by atoms with Crippen molar-refractivity contribution in [3.8, 4) is 0 Å². The summed E-state index contributed by atoms with van der Waals surface area (Å²) in [5.41, 5.74) is 7.63. The highest BCUT2D eigenvalue weighted by atomic mass is 35.5. The quantitative estimate of drug-likeness (QED) is 0.914. The molecular formula is C12H13ClFN3. The van der Waals surface area contributed by atoms with Gasteiger partial charge in [-0.05, 0) is 24.6 Å². The average molecular weight is 254 g/mol. The van der Waals surface area contributed by atoms with Crippen molar-refractivity contribution in [3.63, 3.8) is 0 Å². The molecule has 2 aromatic rings. The first-order chi connectivity index (χ1) is 8.11. The number of aryl methyl sites for hydroxylation is 1. The number of benzene rings is 1. The maximum absolute atomic E-state index is 12.9. The Morgan fingerprint density at radius 2 is 2.29 bits per heavy atom. The molecule has 2 rings (SSSR count). The van der Waals surface area contributed by atoms with Crippen molar-refractivity contribution >= 4 is 11.6 Å². The first-order valence-corrected chi connectivity index (χ1v) is 5.72. The third-order valence-corrected chi connectivity index (χ3v) is 2.96. The third kappa shape index (κ3) is 2.48. The van der Waals surface area contributed by atoms with E-state index in [1.807, 2.05) is 13.1 Å². The third-order valence-electron chi connectivity index (χ3n) is 2.63. The molecule has 0 saturated carbocycles. The molecule has 1 heterocycles. The van der Waals surface area contributed by atoms with E-state index < -0.39 is 0 Å². The summed E-state index contributed by atoms with van der Waals surface area (Å²) < 4.78 is 14.7. The molecule has 17 heavy (non-hydrogen) atoms. The molecule has 0 spiro atoms. The van der Waals surface area contributed by atoms with E-state index in [9.17, 15) is 4.39 Å². The standard InChI is InChI=1S/C12H13ClFN3/c1-2-17-7-8(6-16-17)12(15)10-4-3-9(14)5-11(10)13/h3-7,12H,2,15H2,1H3. The zero-order chi connectivity index (χ0) is 12.4. The smallest absolute Gasteiger partial charge is 0.124 e. The molecule has 1 unspecified atom stereocenters. The van der Waals surface area contributed by atoms with Crippen molar-refractivity contribution < 1.29 is 4.39 Å². The van der Waals surface area contributed by atoms with Gasteiger partial charge in [0.2, 0.25) is 0 Å². The van der Waals surface area contributed by atoms with Gasteiger partial charge in [-0.15, -0.1) is 0 Å². The predicted octanol–water partition coefficient (Wildman–Crippen LogP) is 2.74. The fraction of sp³-hybridized carbons (Fsp3) is 0.250. The van der Waals surface area contributed by atoms with Crippen LogP contribution >= 0.6 is 11.6 Å². The Morgan fingerprint density at radius 1 is 1.53 bits per heavy atom. The van der Waals surface area contributed by atoms with E-state index in [4.69, 9.17) is 17.3 Å². The first-order valence-electron chi connectivity index (χ1n) is 5.34. The van der Waals surface area contributed by atoms with Crippen molar-refractivity contribution in [1.82, 2.24) is 9.78 Å². The Hall–Kier alpha value is -1.39. The van der Waals surface area contributed by atoms with Gasteiger partial charge in [0.1, 0.15) is 5.82 Å². The number of hydrogen-bond donors (Lipinski definition) is 1. The van der Waals surface area contributed by atoms with Crippen molar-refractivity contribution in [2.24, 2.45) is 5.73 Å². The summed E-state index contributed by atoms with van der Waals surface area (Å²) in [6.45, 7) is 2.77. The summed E-state index contributed by atoms with van der Waals surface area (Å²) in [5.74, 6) is -0.366. The fourth-order valence-corrected chi connectivity index (χ4v) is 1.93. The van der Waals surface area contributed by atoms with E-state index in [1.165, 1.54) is 12.1 Å². The molecule has 1 aromatic heterocycles. The van der Waals surface area contributed by atoms with Crippen LogP contribution in [0.2, 0.25) is 5.02 Å². The SMILES string of the molecule is CCn1cc(C(N)c2ccc(F)cc2Cl)cn1. The highest BCUT2D eigenvalue weighted by Gasteiger charge is 2.14. The average Bonchev–Trinajstić information content (AvgIpc) is 2.76.